The standard InChI is InChI=1S/C6H14.C2HF3O2.C2H6O.CH4O/c1-3-5-6-4-2;3-2(4,5)1(6)7;1-2-3;1-2/h3-6H2,1-2H3;(H,6,7);3H,2H2,1H3;2H,1H3. The first-order valence-corrected chi connectivity index (χ1v) is 5.63. The van der Waals surface area contributed by atoms with Crippen molar-refractivity contribution in [3.05, 3.63) is 0 Å². The molecule has 0 heterocycles. The predicted molar refractivity (Wildman–Crippen MR) is 64.4 cm³/mol. The van der Waals surface area contributed by atoms with E-state index in [1.165, 1.54) is 25.7 Å². The number of hydrogen-bond acceptors (Lipinski definition) is 3. The van der Waals surface area contributed by atoms with Gasteiger partial charge in [0.25, 0.3) is 0 Å². The lowest BCUT2D eigenvalue weighted by Crippen LogP contribution is -2.21. The largest absolute Gasteiger partial charge is 0.490 e. The molecule has 0 saturated heterocycles. The van der Waals surface area contributed by atoms with E-state index in [0.717, 1.165) is 7.11 Å². The van der Waals surface area contributed by atoms with E-state index in [0.29, 0.717) is 0 Å². The lowest BCUT2D eigenvalue weighted by atomic mass is 10.2. The molecule has 0 aromatic rings. The van der Waals surface area contributed by atoms with Gasteiger partial charge in [-0.1, -0.05) is 39.5 Å². The van der Waals surface area contributed by atoms with Crippen LogP contribution in [0.4, 0.5) is 13.2 Å². The molecule has 0 spiro atoms. The summed E-state index contributed by atoms with van der Waals surface area (Å²) in [7, 11) is 1.00. The molecule has 18 heavy (non-hydrogen) atoms. The molecule has 0 aliphatic heterocycles. The first-order chi connectivity index (χ1) is 8.27. The second-order valence-electron chi connectivity index (χ2n) is 2.83. The summed E-state index contributed by atoms with van der Waals surface area (Å²) in [5.41, 5.74) is 0. The van der Waals surface area contributed by atoms with Crippen molar-refractivity contribution in [1.29, 1.82) is 0 Å². The lowest BCUT2D eigenvalue weighted by molar-refractivity contribution is -0.192. The van der Waals surface area contributed by atoms with Crippen molar-refractivity contribution in [2.24, 2.45) is 0 Å². The fraction of sp³-hybridized carbons (Fsp3) is 0.909. The molecule has 0 unspecified atom stereocenters. The number of rotatable bonds is 3. The summed E-state index contributed by atoms with van der Waals surface area (Å²) in [6, 6.07) is 0. The zero-order chi connectivity index (χ0) is 15.6. The highest BCUT2D eigenvalue weighted by atomic mass is 19.4. The van der Waals surface area contributed by atoms with E-state index in [9.17, 15) is 13.2 Å². The van der Waals surface area contributed by atoms with Crippen LogP contribution in [0, 0.1) is 0 Å². The van der Waals surface area contributed by atoms with Crippen molar-refractivity contribution < 1.29 is 33.3 Å². The maximum absolute atomic E-state index is 10.6. The number of carboxylic acid groups (broad SMARTS) is 1. The molecule has 0 bridgehead atoms. The minimum atomic E-state index is -5.08. The second-order valence-corrected chi connectivity index (χ2v) is 2.83. The van der Waals surface area contributed by atoms with E-state index in [2.05, 4.69) is 13.8 Å². The summed E-state index contributed by atoms with van der Waals surface area (Å²) >= 11 is 0. The van der Waals surface area contributed by atoms with Gasteiger partial charge in [-0.15, -0.1) is 0 Å². The van der Waals surface area contributed by atoms with Crippen molar-refractivity contribution in [2.75, 3.05) is 13.7 Å². The van der Waals surface area contributed by atoms with Crippen LogP contribution < -0.4 is 0 Å². The third-order valence-corrected chi connectivity index (χ3v) is 1.20. The van der Waals surface area contributed by atoms with Crippen molar-refractivity contribution >= 4 is 5.97 Å². The molecule has 7 heteroatoms. The summed E-state index contributed by atoms with van der Waals surface area (Å²) < 4.78 is 31.7. The van der Waals surface area contributed by atoms with Crippen LogP contribution in [0.5, 0.6) is 0 Å². The fourth-order valence-corrected chi connectivity index (χ4v) is 0.500. The predicted octanol–water partition coefficient (Wildman–Crippen LogP) is 2.83. The van der Waals surface area contributed by atoms with Crippen LogP contribution in [-0.2, 0) is 4.79 Å². The molecule has 0 fully saturated rings. The van der Waals surface area contributed by atoms with Crippen LogP contribution >= 0.6 is 0 Å². The molecule has 0 aliphatic rings. The zero-order valence-corrected chi connectivity index (χ0v) is 11.4. The molecular weight excluding hydrogens is 253 g/mol. The highest BCUT2D eigenvalue weighted by molar-refractivity contribution is 5.73. The summed E-state index contributed by atoms with van der Waals surface area (Å²) in [6.45, 7) is 6.39. The van der Waals surface area contributed by atoms with Gasteiger partial charge in [0.2, 0.25) is 0 Å². The van der Waals surface area contributed by atoms with Crippen LogP contribution in [0.25, 0.3) is 0 Å². The van der Waals surface area contributed by atoms with Gasteiger partial charge in [-0.3, -0.25) is 0 Å². The van der Waals surface area contributed by atoms with Crippen molar-refractivity contribution in [1.82, 2.24) is 0 Å². The van der Waals surface area contributed by atoms with Gasteiger partial charge in [-0.05, 0) is 6.92 Å². The molecular formula is C11H25F3O4. The zero-order valence-electron chi connectivity index (χ0n) is 11.4. The van der Waals surface area contributed by atoms with Crippen LogP contribution in [0.2, 0.25) is 0 Å². The number of aliphatic hydroxyl groups excluding tert-OH is 2. The summed E-state index contributed by atoms with van der Waals surface area (Å²) in [5.74, 6) is -2.76. The molecule has 0 aliphatic carbocycles. The Morgan fingerprint density at radius 2 is 1.17 bits per heavy atom. The molecule has 0 amide bonds. The minimum absolute atomic E-state index is 0.250. The molecule has 0 aromatic heterocycles. The Hall–Kier alpha value is -0.820. The van der Waals surface area contributed by atoms with Gasteiger partial charge in [0.15, 0.2) is 0 Å². The highest BCUT2D eigenvalue weighted by Crippen LogP contribution is 2.13. The number of halogens is 3. The number of aliphatic carboxylic acids is 1. The maximum atomic E-state index is 10.6. The maximum Gasteiger partial charge on any atom is 0.490 e. The summed E-state index contributed by atoms with van der Waals surface area (Å²) in [6.07, 6.45) is 0.453. The van der Waals surface area contributed by atoms with E-state index in [4.69, 9.17) is 20.1 Å². The topological polar surface area (TPSA) is 77.8 Å². The Morgan fingerprint density at radius 1 is 1.00 bits per heavy atom. The number of carbonyl (C=O) groups is 1. The van der Waals surface area contributed by atoms with Crippen molar-refractivity contribution in [2.45, 2.75) is 52.6 Å². The monoisotopic (exact) mass is 278 g/mol. The highest BCUT2D eigenvalue weighted by Gasteiger charge is 2.38. The van der Waals surface area contributed by atoms with E-state index in [1.54, 1.807) is 6.92 Å². The van der Waals surface area contributed by atoms with E-state index >= 15 is 0 Å². The quantitative estimate of drug-likeness (QED) is 0.694. The smallest absolute Gasteiger partial charge is 0.475 e. The van der Waals surface area contributed by atoms with Gasteiger partial charge in [-0.25, -0.2) is 4.79 Å². The average molecular weight is 278 g/mol. The van der Waals surface area contributed by atoms with Crippen molar-refractivity contribution in [3.8, 4) is 0 Å². The number of carboxylic acids is 1. The van der Waals surface area contributed by atoms with Crippen LogP contribution in [0.3, 0.4) is 0 Å². The molecule has 0 saturated carbocycles. The molecule has 114 valence electrons. The van der Waals surface area contributed by atoms with Gasteiger partial charge in [0.1, 0.15) is 0 Å². The van der Waals surface area contributed by atoms with E-state index < -0.39 is 12.1 Å². The first-order valence-electron chi connectivity index (χ1n) is 5.63. The fourth-order valence-electron chi connectivity index (χ4n) is 0.500. The van der Waals surface area contributed by atoms with E-state index in [1.807, 2.05) is 0 Å². The Kier molecular flexibility index (Phi) is 30.9. The Balaban J connectivity index is -0.0000000811. The Bertz CT molecular complexity index is 146. The van der Waals surface area contributed by atoms with Gasteiger partial charge in [0.05, 0.1) is 0 Å². The molecule has 0 atom stereocenters. The lowest BCUT2D eigenvalue weighted by Gasteiger charge is -1.93. The normalized spacial score (nSPS) is 8.72. The Morgan fingerprint density at radius 3 is 1.22 bits per heavy atom. The molecule has 4 nitrogen and oxygen atoms in total. The van der Waals surface area contributed by atoms with Gasteiger partial charge in [-0.2, -0.15) is 13.2 Å². The van der Waals surface area contributed by atoms with Crippen molar-refractivity contribution in [3.63, 3.8) is 0 Å². The molecule has 0 rings (SSSR count). The number of unbranched alkanes of at least 4 members (excludes halogenated alkanes) is 3. The summed E-state index contributed by atoms with van der Waals surface area (Å²) in [4.78, 5) is 8.90. The van der Waals surface area contributed by atoms with Crippen LogP contribution in [0.1, 0.15) is 46.5 Å². The van der Waals surface area contributed by atoms with Crippen LogP contribution in [0.15, 0.2) is 0 Å². The number of alkyl halides is 3. The average Bonchev–Trinajstić information content (AvgIpc) is 2.29. The van der Waals surface area contributed by atoms with Gasteiger partial charge >= 0.3 is 12.1 Å². The first kappa shape index (κ1) is 25.9. The van der Waals surface area contributed by atoms with Gasteiger partial charge in [0, 0.05) is 13.7 Å². The third kappa shape index (κ3) is 45.6. The van der Waals surface area contributed by atoms with E-state index in [-0.39, 0.29) is 6.61 Å². The second kappa shape index (κ2) is 21.5. The minimum Gasteiger partial charge on any atom is -0.475 e. The van der Waals surface area contributed by atoms with Gasteiger partial charge < -0.3 is 15.3 Å². The SMILES string of the molecule is CCCCCC.CCO.CO.O=C(O)C(F)(F)F. The summed E-state index contributed by atoms with van der Waals surface area (Å²) in [5, 5.41) is 21.7. The Labute approximate surface area is 106 Å². The molecule has 0 aromatic carbocycles. The number of hydrogen-bond donors (Lipinski definition) is 3. The number of aliphatic hydroxyl groups is 2. The van der Waals surface area contributed by atoms with Crippen LogP contribution in [-0.4, -0.2) is 41.2 Å². The third-order valence-electron chi connectivity index (χ3n) is 1.20. The molecule has 3 N–H and O–H groups in total. The molecule has 0 radical (unpaired) electrons.